The van der Waals surface area contributed by atoms with E-state index in [1.807, 2.05) is 36.0 Å². The van der Waals surface area contributed by atoms with Crippen LogP contribution in [0.15, 0.2) is 18.3 Å². The van der Waals surface area contributed by atoms with E-state index in [0.29, 0.717) is 18.9 Å². The van der Waals surface area contributed by atoms with E-state index in [2.05, 4.69) is 4.98 Å². The summed E-state index contributed by atoms with van der Waals surface area (Å²) in [5, 5.41) is 0. The number of carbonyl (C=O) groups excluding carboxylic acids is 1. The zero-order valence-electron chi connectivity index (χ0n) is 14.6. The summed E-state index contributed by atoms with van der Waals surface area (Å²) in [4.78, 5) is 20.6. The first-order valence-corrected chi connectivity index (χ1v) is 8.78. The predicted molar refractivity (Wildman–Crippen MR) is 92.3 cm³/mol. The lowest BCUT2D eigenvalue weighted by Crippen LogP contribution is -2.31. The first-order valence-electron chi connectivity index (χ1n) is 8.78. The lowest BCUT2D eigenvalue weighted by Gasteiger charge is -2.20. The molecule has 1 amide bonds. The molecule has 2 atom stereocenters. The normalized spacial score (nSPS) is 23.5. The second kappa shape index (κ2) is 7.83. The summed E-state index contributed by atoms with van der Waals surface area (Å²) in [6, 6.07) is 3.82. The van der Waals surface area contributed by atoms with E-state index < -0.39 is 0 Å². The van der Waals surface area contributed by atoms with Crippen LogP contribution in [-0.4, -0.2) is 62.3 Å². The van der Waals surface area contributed by atoms with Crippen LogP contribution in [0.4, 0.5) is 5.82 Å². The van der Waals surface area contributed by atoms with E-state index in [1.54, 1.807) is 6.20 Å². The highest BCUT2D eigenvalue weighted by Crippen LogP contribution is 2.27. The molecule has 1 aromatic heterocycles. The van der Waals surface area contributed by atoms with Crippen LogP contribution < -0.4 is 9.64 Å². The van der Waals surface area contributed by atoms with Gasteiger partial charge in [0.1, 0.15) is 6.10 Å². The summed E-state index contributed by atoms with van der Waals surface area (Å²) in [5.41, 5.74) is 0. The van der Waals surface area contributed by atoms with Crippen molar-refractivity contribution in [3.63, 3.8) is 0 Å². The van der Waals surface area contributed by atoms with Crippen molar-refractivity contribution < 1.29 is 14.3 Å². The molecule has 0 aromatic carbocycles. The maximum absolute atomic E-state index is 12.4. The Balaban J connectivity index is 1.49. The van der Waals surface area contributed by atoms with Gasteiger partial charge in [0, 0.05) is 52.9 Å². The van der Waals surface area contributed by atoms with Gasteiger partial charge in [0.2, 0.25) is 5.91 Å². The third-order valence-corrected chi connectivity index (χ3v) is 4.76. The summed E-state index contributed by atoms with van der Waals surface area (Å²) in [7, 11) is 3.90. The van der Waals surface area contributed by atoms with E-state index in [1.165, 1.54) is 0 Å². The lowest BCUT2D eigenvalue weighted by molar-refractivity contribution is -0.130. The number of likely N-dealkylation sites (tertiary alicyclic amines) is 1. The van der Waals surface area contributed by atoms with E-state index in [9.17, 15) is 4.79 Å². The van der Waals surface area contributed by atoms with Crippen molar-refractivity contribution in [3.05, 3.63) is 18.3 Å². The van der Waals surface area contributed by atoms with Crippen LogP contribution in [0.25, 0.3) is 0 Å². The Kier molecular flexibility index (Phi) is 5.56. The van der Waals surface area contributed by atoms with Crippen molar-refractivity contribution in [2.75, 3.05) is 45.3 Å². The monoisotopic (exact) mass is 333 g/mol. The molecule has 2 fully saturated rings. The number of carbonyl (C=O) groups is 1. The molecule has 0 bridgehead atoms. The number of ether oxygens (including phenoxy) is 2. The number of nitrogens with zero attached hydrogens (tertiary/aromatic N) is 3. The van der Waals surface area contributed by atoms with Crippen molar-refractivity contribution in [2.45, 2.75) is 31.8 Å². The minimum Gasteiger partial charge on any atom is -0.485 e. The van der Waals surface area contributed by atoms with Gasteiger partial charge in [0.05, 0.1) is 6.54 Å². The van der Waals surface area contributed by atoms with Crippen molar-refractivity contribution in [2.24, 2.45) is 5.92 Å². The van der Waals surface area contributed by atoms with Gasteiger partial charge in [-0.1, -0.05) is 0 Å². The van der Waals surface area contributed by atoms with Crippen LogP contribution in [0.2, 0.25) is 0 Å². The third kappa shape index (κ3) is 4.17. The minimum atomic E-state index is 0.0478. The molecule has 0 unspecified atom stereocenters. The van der Waals surface area contributed by atoms with Crippen molar-refractivity contribution >= 4 is 11.7 Å². The van der Waals surface area contributed by atoms with Gasteiger partial charge in [-0.25, -0.2) is 4.98 Å². The Labute approximate surface area is 143 Å². The zero-order chi connectivity index (χ0) is 16.9. The number of anilines is 1. The number of aromatic nitrogens is 1. The molecular formula is C18H27N3O3. The Morgan fingerprint density at radius 1 is 1.46 bits per heavy atom. The molecule has 2 saturated heterocycles. The van der Waals surface area contributed by atoms with Crippen LogP contribution >= 0.6 is 0 Å². The Bertz CT molecular complexity index is 558. The molecule has 1 aromatic rings. The van der Waals surface area contributed by atoms with E-state index in [0.717, 1.165) is 50.6 Å². The quantitative estimate of drug-likeness (QED) is 0.796. The van der Waals surface area contributed by atoms with Crippen LogP contribution in [-0.2, 0) is 9.53 Å². The zero-order valence-corrected chi connectivity index (χ0v) is 14.6. The second-order valence-electron chi connectivity index (χ2n) is 6.86. The topological polar surface area (TPSA) is 54.9 Å². The summed E-state index contributed by atoms with van der Waals surface area (Å²) < 4.78 is 11.5. The molecule has 0 saturated carbocycles. The van der Waals surface area contributed by atoms with Gasteiger partial charge in [0.25, 0.3) is 0 Å². The molecule has 0 aliphatic carbocycles. The molecule has 0 N–H and O–H groups in total. The SMILES string of the molecule is CN(C)c1ncccc1O[C@H]1CCN(C(=O)CC[C@@H]2CCOC2)C1. The molecule has 132 valence electrons. The molecule has 24 heavy (non-hydrogen) atoms. The predicted octanol–water partition coefficient (Wildman–Crippen LogP) is 1.94. The smallest absolute Gasteiger partial charge is 0.222 e. The van der Waals surface area contributed by atoms with Gasteiger partial charge in [-0.05, 0) is 30.9 Å². The minimum absolute atomic E-state index is 0.0478. The number of amides is 1. The fourth-order valence-electron chi connectivity index (χ4n) is 3.34. The molecule has 0 spiro atoms. The summed E-state index contributed by atoms with van der Waals surface area (Å²) in [5.74, 6) is 2.40. The van der Waals surface area contributed by atoms with Crippen LogP contribution in [0, 0.1) is 5.92 Å². The van der Waals surface area contributed by atoms with Gasteiger partial charge in [0.15, 0.2) is 11.6 Å². The van der Waals surface area contributed by atoms with Crippen LogP contribution in [0.5, 0.6) is 5.75 Å². The standard InChI is InChI=1S/C18H27N3O3/c1-20(2)18-16(4-3-9-19-18)24-15-7-10-21(12-15)17(22)6-5-14-8-11-23-13-14/h3-4,9,14-15H,5-8,10-13H2,1-2H3/t14-,15+/m1/s1. The molecular weight excluding hydrogens is 306 g/mol. The third-order valence-electron chi connectivity index (χ3n) is 4.76. The molecule has 0 radical (unpaired) electrons. The highest BCUT2D eigenvalue weighted by molar-refractivity contribution is 5.76. The number of hydrogen-bond acceptors (Lipinski definition) is 5. The Morgan fingerprint density at radius 3 is 3.08 bits per heavy atom. The average Bonchev–Trinajstić information content (AvgIpc) is 3.24. The first-order chi connectivity index (χ1) is 11.6. The second-order valence-corrected chi connectivity index (χ2v) is 6.86. The van der Waals surface area contributed by atoms with Crippen molar-refractivity contribution in [1.29, 1.82) is 0 Å². The summed E-state index contributed by atoms with van der Waals surface area (Å²) in [6.07, 6.45) is 5.34. The number of pyridine rings is 1. The Hall–Kier alpha value is -1.82. The van der Waals surface area contributed by atoms with E-state index >= 15 is 0 Å². The highest BCUT2D eigenvalue weighted by Gasteiger charge is 2.29. The van der Waals surface area contributed by atoms with E-state index in [-0.39, 0.29) is 12.0 Å². The van der Waals surface area contributed by atoms with Crippen molar-refractivity contribution in [1.82, 2.24) is 9.88 Å². The number of rotatable bonds is 6. The molecule has 2 aliphatic heterocycles. The van der Waals surface area contributed by atoms with Gasteiger partial charge >= 0.3 is 0 Å². The van der Waals surface area contributed by atoms with Gasteiger partial charge in [-0.15, -0.1) is 0 Å². The van der Waals surface area contributed by atoms with Gasteiger partial charge < -0.3 is 19.3 Å². The molecule has 2 aliphatic rings. The summed E-state index contributed by atoms with van der Waals surface area (Å²) in [6.45, 7) is 3.11. The lowest BCUT2D eigenvalue weighted by atomic mass is 10.0. The van der Waals surface area contributed by atoms with Gasteiger partial charge in [-0.3, -0.25) is 4.79 Å². The maximum Gasteiger partial charge on any atom is 0.222 e. The molecule has 6 heteroatoms. The molecule has 3 heterocycles. The fraction of sp³-hybridized carbons (Fsp3) is 0.667. The fourth-order valence-corrected chi connectivity index (χ4v) is 3.34. The maximum atomic E-state index is 12.4. The highest BCUT2D eigenvalue weighted by atomic mass is 16.5. The number of hydrogen-bond donors (Lipinski definition) is 0. The molecule has 6 nitrogen and oxygen atoms in total. The van der Waals surface area contributed by atoms with Crippen molar-refractivity contribution in [3.8, 4) is 5.75 Å². The van der Waals surface area contributed by atoms with E-state index in [4.69, 9.17) is 9.47 Å². The molecule has 3 rings (SSSR count). The van der Waals surface area contributed by atoms with Gasteiger partial charge in [-0.2, -0.15) is 0 Å². The largest absolute Gasteiger partial charge is 0.485 e. The van der Waals surface area contributed by atoms with Crippen LogP contribution in [0.1, 0.15) is 25.7 Å². The summed E-state index contributed by atoms with van der Waals surface area (Å²) >= 11 is 0. The first kappa shape index (κ1) is 17.0. The Morgan fingerprint density at radius 2 is 2.33 bits per heavy atom. The average molecular weight is 333 g/mol. The van der Waals surface area contributed by atoms with Crippen LogP contribution in [0.3, 0.4) is 0 Å².